The average Bonchev–Trinajstić information content (AvgIpc) is 3.30. The maximum absolute atomic E-state index is 13.9. The van der Waals surface area contributed by atoms with Gasteiger partial charge in [0.2, 0.25) is 6.79 Å². The van der Waals surface area contributed by atoms with E-state index in [2.05, 4.69) is 10.6 Å². The van der Waals surface area contributed by atoms with Crippen molar-refractivity contribution < 1.29 is 33.0 Å². The fourth-order valence-electron chi connectivity index (χ4n) is 3.27. The van der Waals surface area contributed by atoms with Crippen molar-refractivity contribution >= 4 is 23.5 Å². The number of methoxy groups -OCH3 is 1. The molecule has 3 aromatic rings. The van der Waals surface area contributed by atoms with Crippen molar-refractivity contribution in [2.75, 3.05) is 19.2 Å². The summed E-state index contributed by atoms with van der Waals surface area (Å²) in [5, 5.41) is 5.33. The first-order valence-electron chi connectivity index (χ1n) is 9.90. The van der Waals surface area contributed by atoms with Crippen LogP contribution in [0, 0.1) is 5.82 Å². The van der Waals surface area contributed by atoms with Crippen molar-refractivity contribution in [1.29, 1.82) is 0 Å². The van der Waals surface area contributed by atoms with Gasteiger partial charge in [0.1, 0.15) is 5.82 Å². The van der Waals surface area contributed by atoms with Gasteiger partial charge in [-0.2, -0.15) is 0 Å². The van der Waals surface area contributed by atoms with Crippen LogP contribution >= 0.6 is 0 Å². The normalized spacial score (nSPS) is 11.6. The zero-order valence-corrected chi connectivity index (χ0v) is 17.5. The topological polar surface area (TPSA) is 103 Å². The number of fused-ring (bicyclic) bond motifs is 1. The van der Waals surface area contributed by atoms with Crippen molar-refractivity contribution in [3.8, 4) is 11.5 Å². The van der Waals surface area contributed by atoms with Crippen LogP contribution in [-0.2, 0) is 11.3 Å². The van der Waals surface area contributed by atoms with E-state index in [1.54, 1.807) is 30.3 Å². The van der Waals surface area contributed by atoms with Crippen LogP contribution in [0.2, 0.25) is 0 Å². The standard InChI is InChI=1S/C24H19FN2O6/c1-31-24(30)16-8-14(9-17(10-16)27-23(29)18-4-2-3-5-19(18)25)12-26-22(28)15-6-7-20-21(11-15)33-13-32-20/h2-11H,12-13H2,1H3,(H,26,28)(H,27,29). The number of benzene rings is 3. The van der Waals surface area contributed by atoms with E-state index in [1.165, 1.54) is 37.4 Å². The van der Waals surface area contributed by atoms with Crippen molar-refractivity contribution in [2.24, 2.45) is 0 Å². The number of carbonyl (C=O) groups excluding carboxylic acids is 3. The number of rotatable bonds is 6. The summed E-state index contributed by atoms with van der Waals surface area (Å²) in [6, 6.07) is 14.9. The van der Waals surface area contributed by atoms with Crippen molar-refractivity contribution in [3.63, 3.8) is 0 Å². The molecule has 0 spiro atoms. The van der Waals surface area contributed by atoms with Gasteiger partial charge in [-0.25, -0.2) is 9.18 Å². The van der Waals surface area contributed by atoms with Crippen LogP contribution in [0.5, 0.6) is 11.5 Å². The van der Waals surface area contributed by atoms with Gasteiger partial charge in [-0.1, -0.05) is 12.1 Å². The molecule has 0 saturated carbocycles. The van der Waals surface area contributed by atoms with Gasteiger partial charge in [0, 0.05) is 17.8 Å². The quantitative estimate of drug-likeness (QED) is 0.557. The Labute approximate surface area is 188 Å². The zero-order chi connectivity index (χ0) is 23.4. The van der Waals surface area contributed by atoms with Crippen LogP contribution in [0.15, 0.2) is 60.7 Å². The van der Waals surface area contributed by atoms with E-state index in [-0.39, 0.29) is 36.1 Å². The first kappa shape index (κ1) is 21.8. The number of nitrogens with one attached hydrogen (secondary N) is 2. The Bertz CT molecular complexity index is 1240. The van der Waals surface area contributed by atoms with E-state index in [4.69, 9.17) is 14.2 Å². The minimum absolute atomic E-state index is 0.0562. The summed E-state index contributed by atoms with van der Waals surface area (Å²) < 4.78 is 29.2. The van der Waals surface area contributed by atoms with E-state index in [0.717, 1.165) is 0 Å². The Hall–Kier alpha value is -4.40. The second kappa shape index (κ2) is 9.39. The third kappa shape index (κ3) is 4.93. The van der Waals surface area contributed by atoms with Gasteiger partial charge >= 0.3 is 5.97 Å². The van der Waals surface area contributed by atoms with Crippen molar-refractivity contribution in [2.45, 2.75) is 6.54 Å². The molecular weight excluding hydrogens is 431 g/mol. The predicted molar refractivity (Wildman–Crippen MR) is 116 cm³/mol. The molecule has 168 valence electrons. The third-order valence-electron chi connectivity index (χ3n) is 4.88. The number of esters is 1. The monoisotopic (exact) mass is 450 g/mol. The zero-order valence-electron chi connectivity index (χ0n) is 17.5. The summed E-state index contributed by atoms with van der Waals surface area (Å²) in [5.41, 5.74) is 1.17. The Kier molecular flexibility index (Phi) is 6.21. The lowest BCUT2D eigenvalue weighted by Crippen LogP contribution is -2.23. The van der Waals surface area contributed by atoms with Gasteiger partial charge in [-0.05, 0) is 54.1 Å². The number of anilines is 1. The summed E-state index contributed by atoms with van der Waals surface area (Å²) in [6.07, 6.45) is 0. The molecule has 2 amide bonds. The summed E-state index contributed by atoms with van der Waals surface area (Å²) in [6.45, 7) is 0.156. The maximum Gasteiger partial charge on any atom is 0.337 e. The minimum Gasteiger partial charge on any atom is -0.465 e. The highest BCUT2D eigenvalue weighted by Gasteiger charge is 2.17. The molecule has 0 saturated heterocycles. The van der Waals surface area contributed by atoms with E-state index in [0.29, 0.717) is 22.6 Å². The number of hydrogen-bond donors (Lipinski definition) is 2. The fraction of sp³-hybridized carbons (Fsp3) is 0.125. The molecule has 0 aromatic heterocycles. The molecule has 0 unspecified atom stereocenters. The van der Waals surface area contributed by atoms with Crippen LogP contribution < -0.4 is 20.1 Å². The summed E-state index contributed by atoms with van der Waals surface area (Å²) >= 11 is 0. The highest BCUT2D eigenvalue weighted by molar-refractivity contribution is 6.05. The summed E-state index contributed by atoms with van der Waals surface area (Å²) in [7, 11) is 1.23. The molecule has 3 aromatic carbocycles. The van der Waals surface area contributed by atoms with Crippen molar-refractivity contribution in [3.05, 3.63) is 88.7 Å². The average molecular weight is 450 g/mol. The smallest absolute Gasteiger partial charge is 0.337 e. The molecule has 0 radical (unpaired) electrons. The highest BCUT2D eigenvalue weighted by atomic mass is 19.1. The van der Waals surface area contributed by atoms with Gasteiger partial charge < -0.3 is 24.8 Å². The van der Waals surface area contributed by atoms with E-state index in [1.807, 2.05) is 0 Å². The Balaban J connectivity index is 1.52. The second-order valence-electron chi connectivity index (χ2n) is 7.09. The molecule has 4 rings (SSSR count). The first-order valence-corrected chi connectivity index (χ1v) is 9.90. The molecule has 1 aliphatic rings. The largest absolute Gasteiger partial charge is 0.465 e. The molecular formula is C24H19FN2O6. The predicted octanol–water partition coefficient (Wildman–Crippen LogP) is 3.52. The molecule has 1 heterocycles. The lowest BCUT2D eigenvalue weighted by Gasteiger charge is -2.12. The fourth-order valence-corrected chi connectivity index (χ4v) is 3.27. The molecule has 8 nitrogen and oxygen atoms in total. The Morgan fingerprint density at radius 2 is 1.73 bits per heavy atom. The van der Waals surface area contributed by atoms with Crippen LogP contribution in [0.4, 0.5) is 10.1 Å². The molecule has 1 aliphatic heterocycles. The number of halogens is 1. The summed E-state index contributed by atoms with van der Waals surface area (Å²) in [4.78, 5) is 37.1. The highest BCUT2D eigenvalue weighted by Crippen LogP contribution is 2.32. The van der Waals surface area contributed by atoms with Crippen LogP contribution in [0.25, 0.3) is 0 Å². The van der Waals surface area contributed by atoms with E-state index < -0.39 is 17.7 Å². The number of amides is 2. The van der Waals surface area contributed by atoms with Crippen molar-refractivity contribution in [1.82, 2.24) is 5.32 Å². The van der Waals surface area contributed by atoms with Gasteiger partial charge in [0.05, 0.1) is 18.2 Å². The molecule has 0 aliphatic carbocycles. The van der Waals surface area contributed by atoms with Gasteiger partial charge in [-0.15, -0.1) is 0 Å². The Morgan fingerprint density at radius 1 is 0.939 bits per heavy atom. The lowest BCUT2D eigenvalue weighted by molar-refractivity contribution is 0.0600. The molecule has 9 heteroatoms. The second-order valence-corrected chi connectivity index (χ2v) is 7.09. The van der Waals surface area contributed by atoms with E-state index in [9.17, 15) is 18.8 Å². The van der Waals surface area contributed by atoms with Crippen LogP contribution in [-0.4, -0.2) is 31.7 Å². The maximum atomic E-state index is 13.9. The lowest BCUT2D eigenvalue weighted by atomic mass is 10.1. The molecule has 0 bridgehead atoms. The first-order chi connectivity index (χ1) is 15.9. The molecule has 0 fully saturated rings. The number of carbonyl (C=O) groups is 3. The molecule has 0 atom stereocenters. The van der Waals surface area contributed by atoms with Crippen LogP contribution in [0.1, 0.15) is 36.6 Å². The summed E-state index contributed by atoms with van der Waals surface area (Å²) in [5.74, 6) is -1.30. The van der Waals surface area contributed by atoms with E-state index >= 15 is 0 Å². The number of hydrogen-bond acceptors (Lipinski definition) is 6. The van der Waals surface area contributed by atoms with Gasteiger partial charge in [0.25, 0.3) is 11.8 Å². The van der Waals surface area contributed by atoms with Gasteiger partial charge in [0.15, 0.2) is 11.5 Å². The van der Waals surface area contributed by atoms with Gasteiger partial charge in [-0.3, -0.25) is 9.59 Å². The molecule has 2 N–H and O–H groups in total. The number of ether oxygens (including phenoxy) is 3. The third-order valence-corrected chi connectivity index (χ3v) is 4.88. The minimum atomic E-state index is -0.675. The molecule has 33 heavy (non-hydrogen) atoms. The SMILES string of the molecule is COC(=O)c1cc(CNC(=O)c2ccc3c(c2)OCO3)cc(NC(=O)c2ccccc2F)c1. The Morgan fingerprint density at radius 3 is 2.52 bits per heavy atom. The van der Waals surface area contributed by atoms with Crippen LogP contribution in [0.3, 0.4) is 0 Å².